The van der Waals surface area contributed by atoms with Gasteiger partial charge in [-0.25, -0.2) is 0 Å². The Kier molecular flexibility index (Phi) is 13.0. The fourth-order valence-electron chi connectivity index (χ4n) is 1.16. The lowest BCUT2D eigenvalue weighted by Crippen LogP contribution is -2.14. The third-order valence-corrected chi connectivity index (χ3v) is 4.76. The Bertz CT molecular complexity index is 754. The third-order valence-electron chi connectivity index (χ3n) is 1.76. The molecule has 0 unspecified atom stereocenters. The summed E-state index contributed by atoms with van der Waals surface area (Å²) in [6, 6.07) is 1.86. The molecule has 0 aliphatic heterocycles. The van der Waals surface area contributed by atoms with Gasteiger partial charge in [-0.05, 0) is 12.1 Å². The first-order valence-corrected chi connectivity index (χ1v) is 9.22. The van der Waals surface area contributed by atoms with Crippen molar-refractivity contribution in [3.05, 3.63) is 18.2 Å². The van der Waals surface area contributed by atoms with Crippen LogP contribution in [-0.2, 0) is 30.4 Å². The number of rotatable bonds is 3. The van der Waals surface area contributed by atoms with Gasteiger partial charge in [0, 0.05) is 0 Å². The molecule has 1 aromatic carbocycles. The van der Waals surface area contributed by atoms with Crippen LogP contribution in [0.3, 0.4) is 0 Å². The van der Waals surface area contributed by atoms with Crippen molar-refractivity contribution in [2.45, 2.75) is 14.7 Å². The minimum absolute atomic E-state index is 0.549. The topological polar surface area (TPSA) is 319 Å². The lowest BCUT2D eigenvalue weighted by molar-refractivity contribution is 0.456. The van der Waals surface area contributed by atoms with E-state index >= 15 is 0 Å². The Morgan fingerprint density at radius 1 is 0.583 bits per heavy atom. The van der Waals surface area contributed by atoms with E-state index in [1.165, 1.54) is 0 Å². The van der Waals surface area contributed by atoms with Crippen LogP contribution in [0.5, 0.6) is 0 Å². The van der Waals surface area contributed by atoms with Gasteiger partial charge in [0.25, 0.3) is 30.4 Å². The van der Waals surface area contributed by atoms with Crippen molar-refractivity contribution >= 4 is 30.4 Å². The fourth-order valence-corrected chi connectivity index (χ4v) is 4.32. The molecule has 0 bridgehead atoms. The lowest BCUT2D eigenvalue weighted by Gasteiger charge is -2.08. The molecule has 15 nitrogen and oxygen atoms in total. The minimum atomic E-state index is -5.31. The normalized spacial score (nSPS) is 10.9. The minimum Gasteiger partial charge on any atom is -0.282 e. The van der Waals surface area contributed by atoms with Crippen LogP contribution in [0.1, 0.15) is 0 Å². The molecule has 1 aromatic rings. The predicted octanol–water partition coefficient (Wildman–Crippen LogP) is -4.12. The zero-order valence-electron chi connectivity index (χ0n) is 11.7. The molecule has 0 heterocycles. The summed E-state index contributed by atoms with van der Waals surface area (Å²) in [5.74, 6) is 24.0. The molecular weight excluding hydrogens is 396 g/mol. The zero-order valence-corrected chi connectivity index (χ0v) is 14.2. The van der Waals surface area contributed by atoms with Crippen molar-refractivity contribution in [2.24, 2.45) is 35.1 Å². The molecule has 15 N–H and O–H groups in total. The first-order valence-electron chi connectivity index (χ1n) is 4.90. The smallest absolute Gasteiger partial charge is 0.282 e. The molecule has 144 valence electrons. The zero-order chi connectivity index (χ0) is 20.4. The molecule has 24 heavy (non-hydrogen) atoms. The molecular formula is C6H18N6O9S3. The SMILES string of the molecule is NN.NN.NN.O=S(=O)(O)c1cccc(S(=O)(=O)O)c1S(=O)(=O)O. The van der Waals surface area contributed by atoms with Crippen LogP contribution < -0.4 is 35.1 Å². The highest BCUT2D eigenvalue weighted by molar-refractivity contribution is 7.90. The summed E-state index contributed by atoms with van der Waals surface area (Å²) in [6.07, 6.45) is 0. The molecule has 0 spiro atoms. The van der Waals surface area contributed by atoms with Crippen LogP contribution in [-0.4, -0.2) is 38.9 Å². The summed E-state index contributed by atoms with van der Waals surface area (Å²) in [4.78, 5) is -4.34. The van der Waals surface area contributed by atoms with Gasteiger partial charge in [0.05, 0.1) is 0 Å². The Labute approximate surface area is 137 Å². The van der Waals surface area contributed by atoms with E-state index < -0.39 is 45.0 Å². The van der Waals surface area contributed by atoms with Gasteiger partial charge >= 0.3 is 0 Å². The summed E-state index contributed by atoms with van der Waals surface area (Å²) < 4.78 is 91.8. The van der Waals surface area contributed by atoms with Crippen molar-refractivity contribution in [1.82, 2.24) is 0 Å². The van der Waals surface area contributed by atoms with Crippen molar-refractivity contribution in [3.63, 3.8) is 0 Å². The average molecular weight is 414 g/mol. The van der Waals surface area contributed by atoms with E-state index in [1.807, 2.05) is 0 Å². The Morgan fingerprint density at radius 2 is 0.833 bits per heavy atom. The number of benzene rings is 1. The van der Waals surface area contributed by atoms with Crippen LogP contribution in [0.4, 0.5) is 0 Å². The first kappa shape index (κ1) is 27.6. The van der Waals surface area contributed by atoms with E-state index in [1.54, 1.807) is 0 Å². The van der Waals surface area contributed by atoms with Gasteiger partial charge in [-0.1, -0.05) is 6.07 Å². The van der Waals surface area contributed by atoms with E-state index in [0.717, 1.165) is 6.07 Å². The summed E-state index contributed by atoms with van der Waals surface area (Å²) in [5, 5.41) is 0. The molecule has 18 heteroatoms. The van der Waals surface area contributed by atoms with Crippen LogP contribution in [0.15, 0.2) is 32.9 Å². The van der Waals surface area contributed by atoms with Crippen molar-refractivity contribution in [3.8, 4) is 0 Å². The molecule has 0 saturated heterocycles. The predicted molar refractivity (Wildman–Crippen MR) is 81.0 cm³/mol. The van der Waals surface area contributed by atoms with Gasteiger partial charge in [0.1, 0.15) is 14.7 Å². The second-order valence-corrected chi connectivity index (χ2v) is 7.15. The van der Waals surface area contributed by atoms with E-state index in [9.17, 15) is 25.3 Å². The fraction of sp³-hybridized carbons (Fsp3) is 0. The van der Waals surface area contributed by atoms with Gasteiger partial charge in [-0.2, -0.15) is 25.3 Å². The van der Waals surface area contributed by atoms with E-state index in [0.29, 0.717) is 12.1 Å². The molecule has 0 radical (unpaired) electrons. The van der Waals surface area contributed by atoms with Gasteiger partial charge in [0.15, 0.2) is 0 Å². The standard InChI is InChI=1S/C6H6O9S3.3H4N2/c7-16(8,9)4-2-1-3-5(17(10,11)12)6(4)18(13,14)15;3*1-2/h1-3H,(H,7,8,9)(H,10,11,12)(H,13,14,15);3*1-2H2. The maximum Gasteiger partial charge on any atom is 0.297 e. The van der Waals surface area contributed by atoms with Gasteiger partial charge in [0.2, 0.25) is 0 Å². The van der Waals surface area contributed by atoms with E-state index in [2.05, 4.69) is 35.1 Å². The molecule has 0 fully saturated rings. The van der Waals surface area contributed by atoms with Crippen LogP contribution >= 0.6 is 0 Å². The number of hydrogen-bond acceptors (Lipinski definition) is 12. The average Bonchev–Trinajstić information content (AvgIpc) is 2.50. The van der Waals surface area contributed by atoms with Crippen molar-refractivity contribution in [1.29, 1.82) is 0 Å². The van der Waals surface area contributed by atoms with Crippen molar-refractivity contribution in [2.75, 3.05) is 0 Å². The van der Waals surface area contributed by atoms with Crippen LogP contribution in [0.2, 0.25) is 0 Å². The first-order chi connectivity index (χ1) is 10.8. The summed E-state index contributed by atoms with van der Waals surface area (Å²) in [6.45, 7) is 0. The Morgan fingerprint density at radius 3 is 1.00 bits per heavy atom. The molecule has 1 rings (SSSR count). The van der Waals surface area contributed by atoms with Gasteiger partial charge in [-0.15, -0.1) is 0 Å². The van der Waals surface area contributed by atoms with E-state index in [4.69, 9.17) is 13.7 Å². The molecule has 0 aliphatic rings. The Hall–Kier alpha value is -1.29. The molecule has 0 aliphatic carbocycles. The lowest BCUT2D eigenvalue weighted by atomic mass is 10.4. The maximum atomic E-state index is 11.0. The molecule has 0 atom stereocenters. The second kappa shape index (κ2) is 11.3. The monoisotopic (exact) mass is 414 g/mol. The number of hydrogen-bond donors (Lipinski definition) is 9. The van der Waals surface area contributed by atoms with Crippen LogP contribution in [0, 0.1) is 0 Å². The van der Waals surface area contributed by atoms with Crippen LogP contribution in [0.25, 0.3) is 0 Å². The molecule has 0 aromatic heterocycles. The Balaban J connectivity index is -0.000000659. The van der Waals surface area contributed by atoms with Gasteiger partial charge in [-0.3, -0.25) is 48.7 Å². The largest absolute Gasteiger partial charge is 0.297 e. The number of nitrogens with two attached hydrogens (primary N) is 6. The number of hydrazine groups is 3. The molecule has 0 saturated carbocycles. The highest BCUT2D eigenvalue weighted by atomic mass is 32.2. The highest BCUT2D eigenvalue weighted by Crippen LogP contribution is 2.27. The molecule has 0 amide bonds. The van der Waals surface area contributed by atoms with Gasteiger partial charge < -0.3 is 0 Å². The second-order valence-electron chi connectivity index (χ2n) is 3.01. The summed E-state index contributed by atoms with van der Waals surface area (Å²) in [5.41, 5.74) is 0. The van der Waals surface area contributed by atoms with E-state index in [-0.39, 0.29) is 0 Å². The summed E-state index contributed by atoms with van der Waals surface area (Å²) >= 11 is 0. The quantitative estimate of drug-likeness (QED) is 0.129. The van der Waals surface area contributed by atoms with Crippen molar-refractivity contribution < 1.29 is 38.9 Å². The maximum absolute atomic E-state index is 11.0. The highest BCUT2D eigenvalue weighted by Gasteiger charge is 2.31. The summed E-state index contributed by atoms with van der Waals surface area (Å²) in [7, 11) is -15.5. The third kappa shape index (κ3) is 8.53.